The SMILES string of the molecule is Cc1ccc([C@@]2(F)C[C@H]2N)cc1. The molecule has 0 saturated heterocycles. The normalized spacial score (nSPS) is 33.4. The first-order chi connectivity index (χ1) is 5.63. The Balaban J connectivity index is 2.31. The van der Waals surface area contributed by atoms with E-state index >= 15 is 0 Å². The summed E-state index contributed by atoms with van der Waals surface area (Å²) in [7, 11) is 0. The summed E-state index contributed by atoms with van der Waals surface area (Å²) in [6, 6.07) is 7.19. The molecular formula is C10H12FN. The minimum absolute atomic E-state index is 0.291. The highest BCUT2D eigenvalue weighted by atomic mass is 19.1. The molecule has 1 aliphatic carbocycles. The van der Waals surface area contributed by atoms with Crippen molar-refractivity contribution >= 4 is 0 Å². The molecule has 1 aromatic rings. The highest BCUT2D eigenvalue weighted by Gasteiger charge is 2.54. The molecule has 0 amide bonds. The van der Waals surface area contributed by atoms with Crippen LogP contribution in [0.25, 0.3) is 0 Å². The van der Waals surface area contributed by atoms with Gasteiger partial charge in [0.25, 0.3) is 0 Å². The first-order valence-electron chi connectivity index (χ1n) is 4.14. The molecule has 12 heavy (non-hydrogen) atoms. The molecule has 1 saturated carbocycles. The van der Waals surface area contributed by atoms with Crippen molar-refractivity contribution in [2.45, 2.75) is 25.1 Å². The summed E-state index contributed by atoms with van der Waals surface area (Å²) in [5.74, 6) is 0. The molecule has 0 aromatic heterocycles. The molecule has 2 atom stereocenters. The van der Waals surface area contributed by atoms with E-state index in [-0.39, 0.29) is 6.04 Å². The summed E-state index contributed by atoms with van der Waals surface area (Å²) in [5.41, 5.74) is 6.14. The van der Waals surface area contributed by atoms with Crippen LogP contribution in [0.4, 0.5) is 4.39 Å². The van der Waals surface area contributed by atoms with Crippen molar-refractivity contribution < 1.29 is 4.39 Å². The average Bonchev–Trinajstić information content (AvgIpc) is 2.62. The second kappa shape index (κ2) is 2.30. The number of nitrogens with two attached hydrogens (primary N) is 1. The zero-order valence-corrected chi connectivity index (χ0v) is 7.05. The Morgan fingerprint density at radius 3 is 2.33 bits per heavy atom. The van der Waals surface area contributed by atoms with Crippen molar-refractivity contribution in [2.75, 3.05) is 0 Å². The number of hydrogen-bond donors (Lipinski definition) is 1. The van der Waals surface area contributed by atoms with Crippen LogP contribution in [0.1, 0.15) is 17.5 Å². The number of alkyl halides is 1. The molecule has 1 nitrogen and oxygen atoms in total. The quantitative estimate of drug-likeness (QED) is 0.675. The van der Waals surface area contributed by atoms with E-state index in [0.29, 0.717) is 6.42 Å². The van der Waals surface area contributed by atoms with Gasteiger partial charge in [-0.3, -0.25) is 0 Å². The van der Waals surface area contributed by atoms with Gasteiger partial charge in [-0.1, -0.05) is 29.8 Å². The molecule has 2 heteroatoms. The average molecular weight is 165 g/mol. The van der Waals surface area contributed by atoms with Gasteiger partial charge in [-0.2, -0.15) is 0 Å². The van der Waals surface area contributed by atoms with E-state index in [9.17, 15) is 4.39 Å². The predicted octanol–water partition coefficient (Wildman–Crippen LogP) is 1.89. The first kappa shape index (κ1) is 7.74. The smallest absolute Gasteiger partial charge is 0.152 e. The van der Waals surface area contributed by atoms with Gasteiger partial charge >= 0.3 is 0 Å². The Morgan fingerprint density at radius 1 is 1.42 bits per heavy atom. The van der Waals surface area contributed by atoms with E-state index in [2.05, 4.69) is 0 Å². The zero-order chi connectivity index (χ0) is 8.77. The van der Waals surface area contributed by atoms with Gasteiger partial charge in [0.1, 0.15) is 0 Å². The van der Waals surface area contributed by atoms with Gasteiger partial charge in [0.05, 0.1) is 0 Å². The van der Waals surface area contributed by atoms with Crippen LogP contribution < -0.4 is 5.73 Å². The highest BCUT2D eigenvalue weighted by Crippen LogP contribution is 2.48. The van der Waals surface area contributed by atoms with Crippen LogP contribution >= 0.6 is 0 Å². The maximum atomic E-state index is 13.6. The van der Waals surface area contributed by atoms with Crippen LogP contribution in [0.15, 0.2) is 24.3 Å². The van der Waals surface area contributed by atoms with Crippen LogP contribution in [-0.2, 0) is 5.67 Å². The van der Waals surface area contributed by atoms with Crippen LogP contribution in [-0.4, -0.2) is 6.04 Å². The molecule has 0 spiro atoms. The lowest BCUT2D eigenvalue weighted by atomic mass is 10.1. The minimum Gasteiger partial charge on any atom is -0.325 e. The van der Waals surface area contributed by atoms with E-state index < -0.39 is 5.67 Å². The fourth-order valence-corrected chi connectivity index (χ4v) is 1.42. The van der Waals surface area contributed by atoms with E-state index in [1.165, 1.54) is 0 Å². The third-order valence-electron chi connectivity index (χ3n) is 2.48. The lowest BCUT2D eigenvalue weighted by Gasteiger charge is -2.05. The van der Waals surface area contributed by atoms with Gasteiger partial charge in [0.2, 0.25) is 0 Å². The van der Waals surface area contributed by atoms with Crippen molar-refractivity contribution in [2.24, 2.45) is 5.73 Å². The minimum atomic E-state index is -1.23. The number of rotatable bonds is 1. The van der Waals surface area contributed by atoms with Crippen LogP contribution in [0.3, 0.4) is 0 Å². The molecule has 1 fully saturated rings. The summed E-state index contributed by atoms with van der Waals surface area (Å²) in [6.07, 6.45) is 0.468. The molecule has 2 N–H and O–H groups in total. The van der Waals surface area contributed by atoms with Gasteiger partial charge < -0.3 is 5.73 Å². The molecule has 0 aliphatic heterocycles. The molecule has 0 bridgehead atoms. The summed E-state index contributed by atoms with van der Waals surface area (Å²) in [6.45, 7) is 1.99. The predicted molar refractivity (Wildman–Crippen MR) is 46.6 cm³/mol. The van der Waals surface area contributed by atoms with Crippen molar-refractivity contribution in [1.82, 2.24) is 0 Å². The second-order valence-corrected chi connectivity index (χ2v) is 3.54. The largest absolute Gasteiger partial charge is 0.325 e. The van der Waals surface area contributed by atoms with Gasteiger partial charge in [0.15, 0.2) is 5.67 Å². The van der Waals surface area contributed by atoms with Gasteiger partial charge in [-0.05, 0) is 12.5 Å². The van der Waals surface area contributed by atoms with E-state index in [4.69, 9.17) is 5.73 Å². The topological polar surface area (TPSA) is 26.0 Å². The molecule has 64 valence electrons. The molecule has 2 rings (SSSR count). The summed E-state index contributed by atoms with van der Waals surface area (Å²) in [5, 5.41) is 0. The molecule has 0 unspecified atom stereocenters. The summed E-state index contributed by atoms with van der Waals surface area (Å²) in [4.78, 5) is 0. The number of hydrogen-bond acceptors (Lipinski definition) is 1. The maximum Gasteiger partial charge on any atom is 0.152 e. The fourth-order valence-electron chi connectivity index (χ4n) is 1.42. The summed E-state index contributed by atoms with van der Waals surface area (Å²) < 4.78 is 13.6. The lowest BCUT2D eigenvalue weighted by molar-refractivity contribution is 0.306. The van der Waals surface area contributed by atoms with Gasteiger partial charge in [-0.15, -0.1) is 0 Å². The van der Waals surface area contributed by atoms with Gasteiger partial charge in [0, 0.05) is 12.5 Å². The van der Waals surface area contributed by atoms with Crippen molar-refractivity contribution in [1.29, 1.82) is 0 Å². The molecule has 1 aromatic carbocycles. The Morgan fingerprint density at radius 2 is 1.92 bits per heavy atom. The monoisotopic (exact) mass is 165 g/mol. The lowest BCUT2D eigenvalue weighted by Crippen LogP contribution is -2.12. The number of aryl methyl sites for hydroxylation is 1. The molecule has 0 heterocycles. The summed E-state index contributed by atoms with van der Waals surface area (Å²) >= 11 is 0. The molecular weight excluding hydrogens is 153 g/mol. The van der Waals surface area contributed by atoms with E-state index in [1.807, 2.05) is 31.2 Å². The third-order valence-corrected chi connectivity index (χ3v) is 2.48. The Kier molecular flexibility index (Phi) is 1.48. The fraction of sp³-hybridized carbons (Fsp3) is 0.400. The second-order valence-electron chi connectivity index (χ2n) is 3.54. The maximum absolute atomic E-state index is 13.6. The highest BCUT2D eigenvalue weighted by molar-refractivity contribution is 5.33. The number of halogens is 1. The van der Waals surface area contributed by atoms with Gasteiger partial charge in [-0.25, -0.2) is 4.39 Å². The van der Waals surface area contributed by atoms with E-state index in [1.54, 1.807) is 0 Å². The molecule has 1 aliphatic rings. The first-order valence-corrected chi connectivity index (χ1v) is 4.14. The third kappa shape index (κ3) is 1.03. The molecule has 0 radical (unpaired) electrons. The standard InChI is InChI=1S/C10H12FN/c1-7-2-4-8(5-3-7)10(11)6-9(10)12/h2-5,9H,6,12H2,1H3/t9-,10+/m1/s1. The Bertz CT molecular complexity index is 293. The van der Waals surface area contributed by atoms with E-state index in [0.717, 1.165) is 11.1 Å². The van der Waals surface area contributed by atoms with Crippen molar-refractivity contribution in [3.8, 4) is 0 Å². The van der Waals surface area contributed by atoms with Crippen molar-refractivity contribution in [3.05, 3.63) is 35.4 Å². The van der Waals surface area contributed by atoms with Crippen LogP contribution in [0, 0.1) is 6.92 Å². The Labute approximate surface area is 71.4 Å². The zero-order valence-electron chi connectivity index (χ0n) is 7.05. The van der Waals surface area contributed by atoms with Crippen molar-refractivity contribution in [3.63, 3.8) is 0 Å². The number of benzene rings is 1. The van der Waals surface area contributed by atoms with Crippen LogP contribution in [0.2, 0.25) is 0 Å². The van der Waals surface area contributed by atoms with Crippen LogP contribution in [0.5, 0.6) is 0 Å². The Hall–Kier alpha value is -0.890.